The molecule has 0 saturated heterocycles. The number of halogens is 7. The summed E-state index contributed by atoms with van der Waals surface area (Å²) in [6.07, 6.45) is -10.7. The van der Waals surface area contributed by atoms with Gasteiger partial charge in [-0.25, -0.2) is 0 Å². The van der Waals surface area contributed by atoms with Gasteiger partial charge in [-0.1, -0.05) is 0 Å². The molecule has 0 saturated carbocycles. The van der Waals surface area contributed by atoms with Crippen LogP contribution in [0.1, 0.15) is 31.8 Å². The Bertz CT molecular complexity index is 532. The van der Waals surface area contributed by atoms with Crippen LogP contribution in [-0.2, 0) is 12.4 Å². The topological polar surface area (TPSA) is 34.1 Å². The molecule has 1 aromatic carbocycles. The van der Waals surface area contributed by atoms with Crippen LogP contribution in [-0.4, -0.2) is 11.5 Å². The Hall–Kier alpha value is -1.57. The van der Waals surface area contributed by atoms with Gasteiger partial charge in [-0.2, -0.15) is 26.3 Å². The smallest absolute Gasteiger partial charge is 0.298 e. The number of carbonyl (C=O) groups is 2. The zero-order chi connectivity index (χ0) is 15.0. The molecule has 1 aromatic rings. The van der Waals surface area contributed by atoms with Gasteiger partial charge in [0.1, 0.15) is 0 Å². The van der Waals surface area contributed by atoms with E-state index in [1.54, 1.807) is 0 Å². The van der Waals surface area contributed by atoms with E-state index in [0.717, 1.165) is 0 Å². The molecule has 0 aliphatic rings. The van der Waals surface area contributed by atoms with E-state index in [1.807, 2.05) is 0 Å². The summed E-state index contributed by atoms with van der Waals surface area (Å²) in [6, 6.07) is -0.132. The third kappa shape index (κ3) is 3.25. The maximum atomic E-state index is 12.5. The normalized spacial score (nSPS) is 12.4. The first-order chi connectivity index (χ1) is 8.48. The third-order valence-corrected chi connectivity index (χ3v) is 2.34. The Morgan fingerprint density at radius 3 is 1.79 bits per heavy atom. The van der Waals surface area contributed by atoms with Gasteiger partial charge in [-0.3, -0.25) is 9.59 Å². The van der Waals surface area contributed by atoms with Gasteiger partial charge in [0.2, 0.25) is 0 Å². The summed E-state index contributed by atoms with van der Waals surface area (Å²) in [5, 5.41) is -1.61. The minimum atomic E-state index is -5.21. The molecular formula is C10H3ClF6O2. The van der Waals surface area contributed by atoms with E-state index in [-0.39, 0.29) is 18.4 Å². The van der Waals surface area contributed by atoms with E-state index >= 15 is 0 Å². The highest BCUT2D eigenvalue weighted by atomic mass is 35.5. The van der Waals surface area contributed by atoms with E-state index < -0.39 is 39.8 Å². The molecule has 0 amide bonds. The summed E-state index contributed by atoms with van der Waals surface area (Å²) in [5.74, 6) is 0. The van der Waals surface area contributed by atoms with Crippen molar-refractivity contribution in [3.63, 3.8) is 0 Å². The second-order valence-electron chi connectivity index (χ2n) is 3.37. The minimum Gasteiger partial charge on any atom is -0.298 e. The number of alkyl halides is 6. The first kappa shape index (κ1) is 15.5. The molecule has 2 nitrogen and oxygen atoms in total. The first-order valence-electron chi connectivity index (χ1n) is 4.46. The van der Waals surface area contributed by atoms with Gasteiger partial charge >= 0.3 is 12.4 Å². The summed E-state index contributed by atoms with van der Waals surface area (Å²) in [4.78, 5) is 21.3. The van der Waals surface area contributed by atoms with Gasteiger partial charge in [0.15, 0.2) is 6.29 Å². The maximum absolute atomic E-state index is 12.5. The van der Waals surface area contributed by atoms with Crippen LogP contribution in [0.2, 0.25) is 0 Å². The number of hydrogen-bond acceptors (Lipinski definition) is 2. The van der Waals surface area contributed by atoms with Crippen LogP contribution in [0.5, 0.6) is 0 Å². The third-order valence-electron chi connectivity index (χ3n) is 2.14. The van der Waals surface area contributed by atoms with E-state index in [1.165, 1.54) is 0 Å². The molecule has 0 bridgehead atoms. The molecule has 0 aromatic heterocycles. The lowest BCUT2D eigenvalue weighted by Crippen LogP contribution is -2.17. The molecule has 1 rings (SSSR count). The number of aldehydes is 1. The van der Waals surface area contributed by atoms with Crippen molar-refractivity contribution in [3.05, 3.63) is 34.4 Å². The fraction of sp³-hybridized carbons (Fsp3) is 0.200. The van der Waals surface area contributed by atoms with Crippen molar-refractivity contribution in [1.82, 2.24) is 0 Å². The average Bonchev–Trinajstić information content (AvgIpc) is 2.24. The van der Waals surface area contributed by atoms with Crippen LogP contribution >= 0.6 is 11.6 Å². The summed E-state index contributed by atoms with van der Waals surface area (Å²) in [5.41, 5.74) is -5.92. The van der Waals surface area contributed by atoms with Gasteiger partial charge < -0.3 is 0 Å². The molecule has 0 radical (unpaired) electrons. The largest absolute Gasteiger partial charge is 0.417 e. The lowest BCUT2D eigenvalue weighted by atomic mass is 9.98. The Labute approximate surface area is 107 Å². The van der Waals surface area contributed by atoms with Crippen molar-refractivity contribution in [2.45, 2.75) is 12.4 Å². The van der Waals surface area contributed by atoms with Crippen molar-refractivity contribution in [1.29, 1.82) is 0 Å². The SMILES string of the molecule is O=Cc1cc(C(=O)Cl)c(C(F)(F)F)cc1C(F)(F)F. The fourth-order valence-electron chi connectivity index (χ4n) is 1.36. The van der Waals surface area contributed by atoms with Gasteiger partial charge in [0.25, 0.3) is 5.24 Å². The van der Waals surface area contributed by atoms with Crippen molar-refractivity contribution in [3.8, 4) is 0 Å². The highest BCUT2D eigenvalue weighted by Gasteiger charge is 2.41. The molecule has 0 atom stereocenters. The Kier molecular flexibility index (Phi) is 3.94. The van der Waals surface area contributed by atoms with Crippen LogP contribution < -0.4 is 0 Å². The standard InChI is InChI=1S/C10H3ClF6O2/c11-8(19)5-1-4(3-18)6(9(12,13)14)2-7(5)10(15,16)17/h1-3H. The minimum absolute atomic E-state index is 0.175. The second-order valence-corrected chi connectivity index (χ2v) is 3.72. The van der Waals surface area contributed by atoms with E-state index in [9.17, 15) is 35.9 Å². The Balaban J connectivity index is 3.72. The van der Waals surface area contributed by atoms with Crippen LogP contribution in [0.25, 0.3) is 0 Å². The summed E-state index contributed by atoms with van der Waals surface area (Å²) >= 11 is 4.87. The predicted molar refractivity (Wildman–Crippen MR) is 52.0 cm³/mol. The molecule has 0 unspecified atom stereocenters. The zero-order valence-corrected chi connectivity index (χ0v) is 9.45. The van der Waals surface area contributed by atoms with E-state index in [2.05, 4.69) is 0 Å². The van der Waals surface area contributed by atoms with Crippen molar-refractivity contribution >= 4 is 23.1 Å². The molecule has 0 spiro atoms. The van der Waals surface area contributed by atoms with E-state index in [0.29, 0.717) is 0 Å². The molecule has 0 aliphatic heterocycles. The van der Waals surface area contributed by atoms with Crippen molar-refractivity contribution in [2.24, 2.45) is 0 Å². The summed E-state index contributed by atoms with van der Waals surface area (Å²) < 4.78 is 75.1. The quantitative estimate of drug-likeness (QED) is 0.471. The van der Waals surface area contributed by atoms with Gasteiger partial charge in [-0.05, 0) is 23.7 Å². The number of hydrogen-bond donors (Lipinski definition) is 0. The highest BCUT2D eigenvalue weighted by Crippen LogP contribution is 2.39. The zero-order valence-electron chi connectivity index (χ0n) is 8.69. The Morgan fingerprint density at radius 1 is 1.00 bits per heavy atom. The summed E-state index contributed by atoms with van der Waals surface area (Å²) in [6.45, 7) is 0. The van der Waals surface area contributed by atoms with E-state index in [4.69, 9.17) is 11.6 Å². The molecule has 19 heavy (non-hydrogen) atoms. The number of rotatable bonds is 2. The molecule has 0 heterocycles. The van der Waals surface area contributed by atoms with Crippen LogP contribution in [0.3, 0.4) is 0 Å². The lowest BCUT2D eigenvalue weighted by molar-refractivity contribution is -0.143. The molecule has 104 valence electrons. The highest BCUT2D eigenvalue weighted by molar-refractivity contribution is 6.68. The van der Waals surface area contributed by atoms with Crippen LogP contribution in [0, 0.1) is 0 Å². The molecular weight excluding hydrogens is 302 g/mol. The predicted octanol–water partition coefficient (Wildman–Crippen LogP) is 3.92. The maximum Gasteiger partial charge on any atom is 0.417 e. The molecule has 0 aliphatic carbocycles. The second kappa shape index (κ2) is 4.84. The number of carbonyl (C=O) groups excluding carboxylic acids is 2. The average molecular weight is 305 g/mol. The fourth-order valence-corrected chi connectivity index (χ4v) is 1.51. The Morgan fingerprint density at radius 2 is 1.47 bits per heavy atom. The molecule has 9 heteroatoms. The number of benzene rings is 1. The van der Waals surface area contributed by atoms with Crippen molar-refractivity contribution < 1.29 is 35.9 Å². The first-order valence-corrected chi connectivity index (χ1v) is 4.83. The van der Waals surface area contributed by atoms with Gasteiger partial charge in [0, 0.05) is 11.1 Å². The van der Waals surface area contributed by atoms with Gasteiger partial charge in [0.05, 0.1) is 11.1 Å². The lowest BCUT2D eigenvalue weighted by Gasteiger charge is -2.15. The van der Waals surface area contributed by atoms with Crippen LogP contribution in [0.15, 0.2) is 12.1 Å². The molecule has 0 N–H and O–H groups in total. The monoisotopic (exact) mass is 304 g/mol. The van der Waals surface area contributed by atoms with Gasteiger partial charge in [-0.15, -0.1) is 0 Å². The molecule has 0 fully saturated rings. The van der Waals surface area contributed by atoms with Crippen LogP contribution in [0.4, 0.5) is 26.3 Å². The summed E-state index contributed by atoms with van der Waals surface area (Å²) in [7, 11) is 0. The van der Waals surface area contributed by atoms with Crippen molar-refractivity contribution in [2.75, 3.05) is 0 Å².